The Bertz CT molecular complexity index is 286. The van der Waals surface area contributed by atoms with Crippen LogP contribution < -0.4 is 5.32 Å². The summed E-state index contributed by atoms with van der Waals surface area (Å²) in [4.78, 5) is 0. The van der Waals surface area contributed by atoms with E-state index in [0.29, 0.717) is 17.7 Å². The molecule has 1 unspecified atom stereocenters. The summed E-state index contributed by atoms with van der Waals surface area (Å²) in [6.07, 6.45) is 5.28. The summed E-state index contributed by atoms with van der Waals surface area (Å²) in [5.41, 5.74) is 0. The normalized spacial score (nSPS) is 14.1. The zero-order chi connectivity index (χ0) is 14.0. The predicted octanol–water partition coefficient (Wildman–Crippen LogP) is 3.01. The number of rotatable bonds is 11. The molecule has 0 spiro atoms. The monoisotopic (exact) mass is 277 g/mol. The Morgan fingerprint density at radius 2 is 1.72 bits per heavy atom. The van der Waals surface area contributed by atoms with Gasteiger partial charge in [-0.2, -0.15) is 0 Å². The van der Waals surface area contributed by atoms with Crippen molar-refractivity contribution >= 4 is 9.84 Å². The van der Waals surface area contributed by atoms with E-state index in [9.17, 15) is 8.42 Å². The van der Waals surface area contributed by atoms with Crippen LogP contribution in [0.15, 0.2) is 0 Å². The Labute approximate surface area is 114 Å². The van der Waals surface area contributed by atoms with Gasteiger partial charge in [0.05, 0.1) is 5.75 Å². The highest BCUT2D eigenvalue weighted by molar-refractivity contribution is 7.91. The van der Waals surface area contributed by atoms with Gasteiger partial charge in [-0.15, -0.1) is 0 Å². The number of hydrogen-bond donors (Lipinski definition) is 1. The fraction of sp³-hybridized carbons (Fsp3) is 1.00. The summed E-state index contributed by atoms with van der Waals surface area (Å²) < 4.78 is 22.7. The van der Waals surface area contributed by atoms with Crippen LogP contribution >= 0.6 is 0 Å². The first-order valence-corrected chi connectivity index (χ1v) is 9.18. The Kier molecular flexibility index (Phi) is 9.74. The number of nitrogens with one attached hydrogen (secondary N) is 1. The van der Waals surface area contributed by atoms with Crippen LogP contribution in [0.1, 0.15) is 59.8 Å². The largest absolute Gasteiger partial charge is 0.314 e. The second-order valence-electron chi connectivity index (χ2n) is 5.39. The summed E-state index contributed by atoms with van der Waals surface area (Å²) in [6, 6.07) is 0.577. The molecule has 0 bridgehead atoms. The molecule has 0 saturated carbocycles. The van der Waals surface area contributed by atoms with Gasteiger partial charge < -0.3 is 5.32 Å². The molecular weight excluding hydrogens is 246 g/mol. The van der Waals surface area contributed by atoms with Crippen LogP contribution in [0.5, 0.6) is 0 Å². The van der Waals surface area contributed by atoms with Crippen LogP contribution in [-0.4, -0.2) is 32.5 Å². The lowest BCUT2D eigenvalue weighted by Crippen LogP contribution is -2.34. The van der Waals surface area contributed by atoms with Gasteiger partial charge in [0.15, 0.2) is 0 Å². The first-order chi connectivity index (χ1) is 8.43. The average Bonchev–Trinajstić information content (AvgIpc) is 2.32. The van der Waals surface area contributed by atoms with E-state index in [0.717, 1.165) is 38.6 Å². The van der Waals surface area contributed by atoms with Gasteiger partial charge in [0, 0.05) is 11.8 Å². The SMILES string of the molecule is CCCNC(CCCCCS(=O)(=O)CC)C(C)C. The summed E-state index contributed by atoms with van der Waals surface area (Å²) >= 11 is 0. The standard InChI is InChI=1S/C14H31NO2S/c1-5-11-15-14(13(3)4)10-8-7-9-12-18(16,17)6-2/h13-15H,5-12H2,1-4H3. The van der Waals surface area contributed by atoms with Crippen LogP contribution in [0.4, 0.5) is 0 Å². The highest BCUT2D eigenvalue weighted by Gasteiger charge is 2.12. The first-order valence-electron chi connectivity index (χ1n) is 7.36. The topological polar surface area (TPSA) is 46.2 Å². The highest BCUT2D eigenvalue weighted by Crippen LogP contribution is 2.12. The third-order valence-corrected chi connectivity index (χ3v) is 5.16. The van der Waals surface area contributed by atoms with Gasteiger partial charge in [-0.3, -0.25) is 0 Å². The van der Waals surface area contributed by atoms with Gasteiger partial charge in [-0.25, -0.2) is 8.42 Å². The molecule has 0 aliphatic heterocycles. The van der Waals surface area contributed by atoms with Crippen LogP contribution in [0, 0.1) is 5.92 Å². The molecule has 4 heteroatoms. The van der Waals surface area contributed by atoms with Gasteiger partial charge in [0.25, 0.3) is 0 Å². The predicted molar refractivity (Wildman–Crippen MR) is 79.7 cm³/mol. The van der Waals surface area contributed by atoms with E-state index in [-0.39, 0.29) is 5.75 Å². The maximum Gasteiger partial charge on any atom is 0.150 e. The summed E-state index contributed by atoms with van der Waals surface area (Å²) in [7, 11) is -2.77. The summed E-state index contributed by atoms with van der Waals surface area (Å²) in [5.74, 6) is 1.29. The van der Waals surface area contributed by atoms with Crippen molar-refractivity contribution in [3.05, 3.63) is 0 Å². The van der Waals surface area contributed by atoms with Crippen molar-refractivity contribution in [2.75, 3.05) is 18.1 Å². The smallest absolute Gasteiger partial charge is 0.150 e. The molecule has 3 nitrogen and oxygen atoms in total. The number of unbranched alkanes of at least 4 members (excludes halogenated alkanes) is 2. The molecule has 0 aliphatic carbocycles. The molecule has 0 amide bonds. The fourth-order valence-corrected chi connectivity index (χ4v) is 2.94. The van der Waals surface area contributed by atoms with Crippen molar-refractivity contribution in [1.29, 1.82) is 0 Å². The zero-order valence-electron chi connectivity index (χ0n) is 12.5. The quantitative estimate of drug-likeness (QED) is 0.591. The van der Waals surface area contributed by atoms with E-state index in [2.05, 4.69) is 26.1 Å². The molecule has 0 saturated heterocycles. The van der Waals surface area contributed by atoms with Crippen molar-refractivity contribution < 1.29 is 8.42 Å². The molecule has 0 aliphatic rings. The first kappa shape index (κ1) is 17.9. The van der Waals surface area contributed by atoms with E-state index in [4.69, 9.17) is 0 Å². The molecule has 1 atom stereocenters. The molecule has 0 aromatic rings. The zero-order valence-corrected chi connectivity index (χ0v) is 13.4. The molecule has 0 rings (SSSR count). The second-order valence-corrected chi connectivity index (χ2v) is 7.86. The maximum absolute atomic E-state index is 11.3. The van der Waals surface area contributed by atoms with Crippen molar-refractivity contribution in [2.24, 2.45) is 5.92 Å². The highest BCUT2D eigenvalue weighted by atomic mass is 32.2. The molecule has 0 heterocycles. The molecule has 0 aromatic carbocycles. The maximum atomic E-state index is 11.3. The van der Waals surface area contributed by atoms with E-state index in [1.54, 1.807) is 6.92 Å². The minimum atomic E-state index is -2.77. The third-order valence-electron chi connectivity index (χ3n) is 3.37. The molecule has 18 heavy (non-hydrogen) atoms. The molecular formula is C14H31NO2S. The average molecular weight is 277 g/mol. The van der Waals surface area contributed by atoms with Crippen molar-refractivity contribution in [3.8, 4) is 0 Å². The van der Waals surface area contributed by atoms with E-state index >= 15 is 0 Å². The Morgan fingerprint density at radius 3 is 2.22 bits per heavy atom. The molecule has 0 radical (unpaired) electrons. The van der Waals surface area contributed by atoms with E-state index < -0.39 is 9.84 Å². The number of hydrogen-bond acceptors (Lipinski definition) is 3. The fourth-order valence-electron chi connectivity index (χ4n) is 2.01. The molecule has 0 aromatic heterocycles. The van der Waals surface area contributed by atoms with Gasteiger partial charge in [0.1, 0.15) is 9.84 Å². The lowest BCUT2D eigenvalue weighted by Gasteiger charge is -2.22. The van der Waals surface area contributed by atoms with Crippen LogP contribution in [0.25, 0.3) is 0 Å². The van der Waals surface area contributed by atoms with Gasteiger partial charge in [-0.1, -0.05) is 40.5 Å². The van der Waals surface area contributed by atoms with Gasteiger partial charge >= 0.3 is 0 Å². The van der Waals surface area contributed by atoms with Crippen LogP contribution in [-0.2, 0) is 9.84 Å². The third kappa shape index (κ3) is 8.92. The summed E-state index contributed by atoms with van der Waals surface area (Å²) in [5, 5.41) is 3.57. The lowest BCUT2D eigenvalue weighted by atomic mass is 9.98. The lowest BCUT2D eigenvalue weighted by molar-refractivity contribution is 0.366. The Hall–Kier alpha value is -0.0900. The van der Waals surface area contributed by atoms with E-state index in [1.807, 2.05) is 0 Å². The van der Waals surface area contributed by atoms with Crippen LogP contribution in [0.2, 0.25) is 0 Å². The molecule has 110 valence electrons. The van der Waals surface area contributed by atoms with Gasteiger partial charge in [-0.05, 0) is 31.7 Å². The second kappa shape index (κ2) is 9.79. The summed E-state index contributed by atoms with van der Waals surface area (Å²) in [6.45, 7) is 9.47. The van der Waals surface area contributed by atoms with Crippen molar-refractivity contribution in [3.63, 3.8) is 0 Å². The number of sulfone groups is 1. The van der Waals surface area contributed by atoms with Crippen molar-refractivity contribution in [2.45, 2.75) is 65.8 Å². The Morgan fingerprint density at radius 1 is 1.06 bits per heavy atom. The van der Waals surface area contributed by atoms with E-state index in [1.165, 1.54) is 0 Å². The minimum Gasteiger partial charge on any atom is -0.314 e. The molecule has 1 N–H and O–H groups in total. The Balaban J connectivity index is 3.73. The van der Waals surface area contributed by atoms with Crippen LogP contribution in [0.3, 0.4) is 0 Å². The van der Waals surface area contributed by atoms with Gasteiger partial charge in [0.2, 0.25) is 0 Å². The molecule has 0 fully saturated rings. The van der Waals surface area contributed by atoms with Crippen molar-refractivity contribution in [1.82, 2.24) is 5.32 Å². The minimum absolute atomic E-state index is 0.277.